The van der Waals surface area contributed by atoms with Gasteiger partial charge in [0.1, 0.15) is 6.54 Å². The Hall–Kier alpha value is -2.94. The lowest BCUT2D eigenvalue weighted by Crippen LogP contribution is -2.38. The van der Waals surface area contributed by atoms with E-state index in [-0.39, 0.29) is 17.2 Å². The van der Waals surface area contributed by atoms with Gasteiger partial charge < -0.3 is 4.74 Å². The summed E-state index contributed by atoms with van der Waals surface area (Å²) in [6.45, 7) is 6.20. The predicted octanol–water partition coefficient (Wildman–Crippen LogP) is 3.28. The van der Waals surface area contributed by atoms with E-state index in [4.69, 9.17) is 4.74 Å². The van der Waals surface area contributed by atoms with E-state index in [9.17, 15) is 23.3 Å². The second-order valence-electron chi connectivity index (χ2n) is 6.26. The average molecular weight is 406 g/mol. The van der Waals surface area contributed by atoms with E-state index in [2.05, 4.69) is 0 Å². The molecule has 0 atom stereocenters. The van der Waals surface area contributed by atoms with Crippen molar-refractivity contribution in [2.45, 2.75) is 32.6 Å². The number of para-hydroxylation sites is 1. The molecule has 0 bridgehead atoms. The first-order valence-corrected chi connectivity index (χ1v) is 10.0. The van der Waals surface area contributed by atoms with Gasteiger partial charge in [-0.1, -0.05) is 24.3 Å². The third kappa shape index (κ3) is 4.30. The summed E-state index contributed by atoms with van der Waals surface area (Å²) in [5.41, 5.74) is 1.64. The lowest BCUT2D eigenvalue weighted by molar-refractivity contribution is -0.385. The lowest BCUT2D eigenvalue weighted by atomic mass is 10.1. The Labute approximate surface area is 163 Å². The lowest BCUT2D eigenvalue weighted by Gasteiger charge is -2.27. The summed E-state index contributed by atoms with van der Waals surface area (Å²) in [6, 6.07) is 8.87. The first-order chi connectivity index (χ1) is 13.1. The molecule has 0 aliphatic rings. The molecular formula is C19H22N2O6S. The van der Waals surface area contributed by atoms with E-state index in [0.29, 0.717) is 22.4 Å². The fourth-order valence-electron chi connectivity index (χ4n) is 2.91. The normalized spacial score (nSPS) is 11.1. The number of esters is 1. The molecule has 0 spiro atoms. The van der Waals surface area contributed by atoms with E-state index in [1.165, 1.54) is 12.1 Å². The van der Waals surface area contributed by atoms with Crippen molar-refractivity contribution in [1.82, 2.24) is 0 Å². The van der Waals surface area contributed by atoms with Crippen LogP contribution in [0.4, 0.5) is 11.4 Å². The Kier molecular flexibility index (Phi) is 6.40. The molecule has 2 rings (SSSR count). The number of sulfonamides is 1. The smallest absolute Gasteiger partial charge is 0.326 e. The molecule has 2 aromatic carbocycles. The third-order valence-electron chi connectivity index (χ3n) is 4.22. The molecule has 0 aliphatic carbocycles. The number of non-ortho nitro benzene ring substituents is 1. The maximum Gasteiger partial charge on any atom is 0.326 e. The summed E-state index contributed by atoms with van der Waals surface area (Å²) in [7, 11) is -4.27. The Morgan fingerprint density at radius 3 is 2.25 bits per heavy atom. The summed E-state index contributed by atoms with van der Waals surface area (Å²) in [5.74, 6) is -0.711. The number of anilines is 1. The Balaban J connectivity index is 2.70. The number of nitro groups is 1. The van der Waals surface area contributed by atoms with Crippen LogP contribution in [0.3, 0.4) is 0 Å². The van der Waals surface area contributed by atoms with Gasteiger partial charge >= 0.3 is 5.97 Å². The predicted molar refractivity (Wildman–Crippen MR) is 105 cm³/mol. The van der Waals surface area contributed by atoms with Crippen molar-refractivity contribution >= 4 is 27.4 Å². The fraction of sp³-hybridized carbons (Fsp3) is 0.316. The van der Waals surface area contributed by atoms with Gasteiger partial charge in [0.2, 0.25) is 0 Å². The van der Waals surface area contributed by atoms with E-state index in [1.807, 2.05) is 0 Å². The highest BCUT2D eigenvalue weighted by atomic mass is 32.2. The summed E-state index contributed by atoms with van der Waals surface area (Å²) in [6.07, 6.45) is 0. The number of nitrogens with zero attached hydrogens (tertiary/aromatic N) is 2. The van der Waals surface area contributed by atoms with Crippen LogP contribution in [0.5, 0.6) is 0 Å². The minimum atomic E-state index is -4.27. The molecule has 0 N–H and O–H groups in total. The molecule has 0 unspecified atom stereocenters. The number of benzene rings is 2. The van der Waals surface area contributed by atoms with Gasteiger partial charge in [0.15, 0.2) is 0 Å². The Morgan fingerprint density at radius 1 is 1.11 bits per heavy atom. The van der Waals surface area contributed by atoms with Crippen LogP contribution in [0.1, 0.15) is 23.6 Å². The molecule has 28 heavy (non-hydrogen) atoms. The number of aryl methyl sites for hydroxylation is 3. The maximum absolute atomic E-state index is 13.5. The van der Waals surface area contributed by atoms with Crippen molar-refractivity contribution in [2.75, 3.05) is 17.5 Å². The molecule has 0 amide bonds. The van der Waals surface area contributed by atoms with E-state index in [1.54, 1.807) is 45.9 Å². The quantitative estimate of drug-likeness (QED) is 0.397. The summed E-state index contributed by atoms with van der Waals surface area (Å²) in [4.78, 5) is 22.4. The summed E-state index contributed by atoms with van der Waals surface area (Å²) < 4.78 is 32.8. The second-order valence-corrected chi connectivity index (χ2v) is 8.09. The first kappa shape index (κ1) is 21.4. The van der Waals surface area contributed by atoms with Crippen LogP contribution in [0.25, 0.3) is 0 Å². The zero-order valence-corrected chi connectivity index (χ0v) is 16.9. The van der Waals surface area contributed by atoms with Gasteiger partial charge in [0.25, 0.3) is 15.7 Å². The zero-order chi connectivity index (χ0) is 21.1. The molecule has 0 aromatic heterocycles. The third-order valence-corrected chi connectivity index (χ3v) is 6.11. The van der Waals surface area contributed by atoms with E-state index >= 15 is 0 Å². The van der Waals surface area contributed by atoms with Crippen molar-refractivity contribution < 1.29 is 22.9 Å². The average Bonchev–Trinajstić information content (AvgIpc) is 2.60. The number of carbonyl (C=O) groups is 1. The Morgan fingerprint density at radius 2 is 1.71 bits per heavy atom. The fourth-order valence-corrected chi connectivity index (χ4v) is 4.69. The van der Waals surface area contributed by atoms with E-state index in [0.717, 1.165) is 10.4 Å². The molecule has 0 heterocycles. The molecule has 2 aromatic rings. The van der Waals surface area contributed by atoms with Crippen LogP contribution in [0.2, 0.25) is 0 Å². The van der Waals surface area contributed by atoms with Gasteiger partial charge in [0.05, 0.1) is 22.1 Å². The van der Waals surface area contributed by atoms with Crippen molar-refractivity contribution in [1.29, 1.82) is 0 Å². The van der Waals surface area contributed by atoms with Crippen molar-refractivity contribution in [3.63, 3.8) is 0 Å². The molecule has 150 valence electrons. The summed E-state index contributed by atoms with van der Waals surface area (Å²) >= 11 is 0. The molecule has 0 radical (unpaired) electrons. The van der Waals surface area contributed by atoms with Crippen molar-refractivity contribution in [3.05, 3.63) is 63.2 Å². The number of carbonyl (C=O) groups excluding carboxylic acids is 1. The maximum atomic E-state index is 13.5. The van der Waals surface area contributed by atoms with Gasteiger partial charge in [0, 0.05) is 12.1 Å². The zero-order valence-electron chi connectivity index (χ0n) is 16.1. The number of hydrogen-bond donors (Lipinski definition) is 0. The Bertz CT molecular complexity index is 997. The first-order valence-electron chi connectivity index (χ1n) is 8.59. The molecule has 9 heteroatoms. The SMILES string of the molecule is CCOC(=O)CN(c1c(C)cccc1C)S(=O)(=O)c1cc([N+](=O)[O-])ccc1C. The van der Waals surface area contributed by atoms with Crippen LogP contribution in [0.15, 0.2) is 41.3 Å². The number of rotatable bonds is 7. The molecule has 0 saturated heterocycles. The number of ether oxygens (including phenoxy) is 1. The molecular weight excluding hydrogens is 384 g/mol. The number of nitro benzene ring substituents is 1. The van der Waals surface area contributed by atoms with Gasteiger partial charge in [-0.25, -0.2) is 8.42 Å². The van der Waals surface area contributed by atoms with Crippen LogP contribution in [0, 0.1) is 30.9 Å². The van der Waals surface area contributed by atoms with Crippen LogP contribution in [-0.4, -0.2) is 32.5 Å². The second kappa shape index (κ2) is 8.39. The van der Waals surface area contributed by atoms with Crippen molar-refractivity contribution in [3.8, 4) is 0 Å². The minimum Gasteiger partial charge on any atom is -0.465 e. The molecule has 0 saturated carbocycles. The summed E-state index contributed by atoms with van der Waals surface area (Å²) in [5, 5.41) is 11.1. The van der Waals surface area contributed by atoms with Crippen LogP contribution in [-0.2, 0) is 19.6 Å². The molecule has 8 nitrogen and oxygen atoms in total. The van der Waals surface area contributed by atoms with Crippen LogP contribution >= 0.6 is 0 Å². The highest BCUT2D eigenvalue weighted by Gasteiger charge is 2.32. The minimum absolute atomic E-state index is 0.106. The van der Waals surface area contributed by atoms with Crippen LogP contribution < -0.4 is 4.31 Å². The van der Waals surface area contributed by atoms with Gasteiger partial charge in [-0.2, -0.15) is 0 Å². The molecule has 0 fully saturated rings. The number of hydrogen-bond acceptors (Lipinski definition) is 6. The van der Waals surface area contributed by atoms with Crippen molar-refractivity contribution in [2.24, 2.45) is 0 Å². The van der Waals surface area contributed by atoms with E-state index < -0.39 is 27.5 Å². The standard InChI is InChI=1S/C19H22N2O6S/c1-5-27-18(22)12-20(19-14(3)7-6-8-15(19)4)28(25,26)17-11-16(21(23)24)10-9-13(17)2/h6-11H,5,12H2,1-4H3. The largest absolute Gasteiger partial charge is 0.465 e. The molecule has 0 aliphatic heterocycles. The van der Waals surface area contributed by atoms with Gasteiger partial charge in [-0.3, -0.25) is 19.2 Å². The highest BCUT2D eigenvalue weighted by molar-refractivity contribution is 7.93. The van der Waals surface area contributed by atoms with Gasteiger partial charge in [-0.05, 0) is 44.4 Å². The highest BCUT2D eigenvalue weighted by Crippen LogP contribution is 2.32. The topological polar surface area (TPSA) is 107 Å². The monoisotopic (exact) mass is 406 g/mol. The van der Waals surface area contributed by atoms with Gasteiger partial charge in [-0.15, -0.1) is 0 Å².